The Hall–Kier alpha value is -1.41. The number of aryl methyl sites for hydroxylation is 1. The Bertz CT molecular complexity index is 759. The SMILES string of the molecule is CCN(CC)C(CNS(=O)(=O)c1cnc(Cl)c(C)c1)c1ccco1. The van der Waals surface area contributed by atoms with Crippen molar-refractivity contribution in [3.63, 3.8) is 0 Å². The van der Waals surface area contributed by atoms with Gasteiger partial charge in [-0.2, -0.15) is 0 Å². The number of aromatic nitrogens is 1. The van der Waals surface area contributed by atoms with Crippen molar-refractivity contribution in [2.24, 2.45) is 0 Å². The summed E-state index contributed by atoms with van der Waals surface area (Å²) >= 11 is 5.86. The van der Waals surface area contributed by atoms with E-state index in [4.69, 9.17) is 16.0 Å². The number of halogens is 1. The van der Waals surface area contributed by atoms with Crippen molar-refractivity contribution in [1.82, 2.24) is 14.6 Å². The molecule has 0 aliphatic carbocycles. The van der Waals surface area contributed by atoms with Gasteiger partial charge in [-0.3, -0.25) is 4.90 Å². The fraction of sp³-hybridized carbons (Fsp3) is 0.438. The second-order valence-electron chi connectivity index (χ2n) is 5.38. The molecule has 0 radical (unpaired) electrons. The molecule has 2 heterocycles. The summed E-state index contributed by atoms with van der Waals surface area (Å²) in [4.78, 5) is 6.14. The normalized spacial score (nSPS) is 13.4. The smallest absolute Gasteiger partial charge is 0.242 e. The number of furan rings is 1. The highest BCUT2D eigenvalue weighted by atomic mass is 35.5. The predicted molar refractivity (Wildman–Crippen MR) is 93.5 cm³/mol. The fourth-order valence-corrected chi connectivity index (χ4v) is 3.68. The van der Waals surface area contributed by atoms with Gasteiger partial charge in [-0.25, -0.2) is 18.1 Å². The fourth-order valence-electron chi connectivity index (χ4n) is 2.51. The molecule has 2 rings (SSSR count). The second-order valence-corrected chi connectivity index (χ2v) is 7.51. The van der Waals surface area contributed by atoms with Crippen LogP contribution in [0.25, 0.3) is 0 Å². The number of nitrogens with zero attached hydrogens (tertiary/aromatic N) is 2. The standard InChI is InChI=1S/C16H22ClN3O3S/c1-4-20(5-2)14(15-7-6-8-23-15)11-19-24(21,22)13-9-12(3)16(17)18-10-13/h6-10,14,19H,4-5,11H2,1-3H3. The summed E-state index contributed by atoms with van der Waals surface area (Å²) in [6.45, 7) is 7.55. The first-order valence-electron chi connectivity index (χ1n) is 7.78. The summed E-state index contributed by atoms with van der Waals surface area (Å²) in [5.74, 6) is 0.729. The van der Waals surface area contributed by atoms with E-state index in [-0.39, 0.29) is 17.5 Å². The second kappa shape index (κ2) is 8.11. The minimum Gasteiger partial charge on any atom is -0.468 e. The lowest BCUT2D eigenvalue weighted by atomic mass is 10.2. The zero-order chi connectivity index (χ0) is 17.7. The largest absolute Gasteiger partial charge is 0.468 e. The highest BCUT2D eigenvalue weighted by molar-refractivity contribution is 7.89. The number of hydrogen-bond donors (Lipinski definition) is 1. The molecule has 6 nitrogen and oxygen atoms in total. The minimum absolute atomic E-state index is 0.0992. The van der Waals surface area contributed by atoms with Gasteiger partial charge in [0, 0.05) is 12.7 Å². The van der Waals surface area contributed by atoms with Crippen molar-refractivity contribution in [1.29, 1.82) is 0 Å². The predicted octanol–water partition coefficient (Wildman–Crippen LogP) is 3.00. The molecule has 0 saturated carbocycles. The minimum atomic E-state index is -3.68. The molecule has 0 spiro atoms. The number of likely N-dealkylation sites (N-methyl/N-ethyl adjacent to an activating group) is 1. The lowest BCUT2D eigenvalue weighted by molar-refractivity contribution is 0.194. The first kappa shape index (κ1) is 18.9. The van der Waals surface area contributed by atoms with Crippen LogP contribution in [-0.2, 0) is 10.0 Å². The lowest BCUT2D eigenvalue weighted by Crippen LogP contribution is -2.38. The average molecular weight is 372 g/mol. The maximum absolute atomic E-state index is 12.5. The lowest BCUT2D eigenvalue weighted by Gasteiger charge is -2.28. The van der Waals surface area contributed by atoms with Crippen molar-refractivity contribution in [2.45, 2.75) is 31.7 Å². The van der Waals surface area contributed by atoms with Gasteiger partial charge in [0.1, 0.15) is 15.8 Å². The number of hydrogen-bond acceptors (Lipinski definition) is 5. The van der Waals surface area contributed by atoms with E-state index in [1.807, 2.05) is 19.9 Å². The Morgan fingerprint density at radius 1 is 1.38 bits per heavy atom. The van der Waals surface area contributed by atoms with Crippen LogP contribution in [0, 0.1) is 6.92 Å². The molecule has 24 heavy (non-hydrogen) atoms. The third-order valence-corrected chi connectivity index (χ3v) is 5.68. The van der Waals surface area contributed by atoms with E-state index < -0.39 is 10.0 Å². The molecule has 0 bridgehead atoms. The summed E-state index contributed by atoms with van der Waals surface area (Å²) in [5.41, 5.74) is 0.617. The molecule has 1 atom stereocenters. The Balaban J connectivity index is 2.19. The van der Waals surface area contributed by atoms with Gasteiger partial charge in [0.05, 0.1) is 12.3 Å². The van der Waals surface area contributed by atoms with Crippen LogP contribution in [0.2, 0.25) is 5.15 Å². The number of nitrogens with one attached hydrogen (secondary N) is 1. The zero-order valence-electron chi connectivity index (χ0n) is 14.0. The molecule has 0 fully saturated rings. The summed E-state index contributed by atoms with van der Waals surface area (Å²) in [6.07, 6.45) is 2.85. The van der Waals surface area contributed by atoms with Gasteiger partial charge in [-0.15, -0.1) is 0 Å². The Morgan fingerprint density at radius 2 is 2.08 bits per heavy atom. The van der Waals surface area contributed by atoms with Crippen molar-refractivity contribution >= 4 is 21.6 Å². The Labute approximate surface area is 147 Å². The van der Waals surface area contributed by atoms with E-state index in [9.17, 15) is 8.42 Å². The van der Waals surface area contributed by atoms with Crippen LogP contribution in [0.5, 0.6) is 0 Å². The molecule has 0 aromatic carbocycles. The molecular formula is C16H22ClN3O3S. The molecule has 1 unspecified atom stereocenters. The van der Waals surface area contributed by atoms with Crippen LogP contribution in [-0.4, -0.2) is 37.9 Å². The molecule has 0 aliphatic heterocycles. The van der Waals surface area contributed by atoms with Crippen LogP contribution >= 0.6 is 11.6 Å². The van der Waals surface area contributed by atoms with Crippen molar-refractivity contribution in [3.05, 3.63) is 47.1 Å². The van der Waals surface area contributed by atoms with E-state index in [1.54, 1.807) is 19.3 Å². The van der Waals surface area contributed by atoms with Crippen LogP contribution in [0.4, 0.5) is 0 Å². The molecule has 2 aromatic heterocycles. The highest BCUT2D eigenvalue weighted by Crippen LogP contribution is 2.22. The van der Waals surface area contributed by atoms with Crippen LogP contribution in [0.3, 0.4) is 0 Å². The highest BCUT2D eigenvalue weighted by Gasteiger charge is 2.24. The molecule has 0 amide bonds. The van der Waals surface area contributed by atoms with Crippen LogP contribution in [0.1, 0.15) is 31.2 Å². The molecule has 0 aliphatic rings. The molecular weight excluding hydrogens is 350 g/mol. The van der Waals surface area contributed by atoms with Crippen molar-refractivity contribution < 1.29 is 12.8 Å². The van der Waals surface area contributed by atoms with E-state index in [0.717, 1.165) is 18.8 Å². The molecule has 8 heteroatoms. The molecule has 2 aromatic rings. The zero-order valence-corrected chi connectivity index (χ0v) is 15.6. The maximum atomic E-state index is 12.5. The average Bonchev–Trinajstić information content (AvgIpc) is 3.08. The van der Waals surface area contributed by atoms with Gasteiger partial charge in [0.2, 0.25) is 10.0 Å². The number of rotatable bonds is 8. The number of pyridine rings is 1. The first-order valence-corrected chi connectivity index (χ1v) is 9.64. The van der Waals surface area contributed by atoms with Gasteiger partial charge < -0.3 is 4.42 Å². The van der Waals surface area contributed by atoms with Gasteiger partial charge in [-0.05, 0) is 43.8 Å². The van der Waals surface area contributed by atoms with Crippen molar-refractivity contribution in [3.8, 4) is 0 Å². The maximum Gasteiger partial charge on any atom is 0.242 e. The van der Waals surface area contributed by atoms with E-state index in [0.29, 0.717) is 10.7 Å². The van der Waals surface area contributed by atoms with E-state index >= 15 is 0 Å². The van der Waals surface area contributed by atoms with Gasteiger partial charge in [0.15, 0.2) is 0 Å². The van der Waals surface area contributed by atoms with Gasteiger partial charge >= 0.3 is 0 Å². The monoisotopic (exact) mass is 371 g/mol. The van der Waals surface area contributed by atoms with Crippen molar-refractivity contribution in [2.75, 3.05) is 19.6 Å². The van der Waals surface area contributed by atoms with Gasteiger partial charge in [0.25, 0.3) is 0 Å². The Morgan fingerprint density at radius 3 is 2.62 bits per heavy atom. The molecule has 0 saturated heterocycles. The topological polar surface area (TPSA) is 75.4 Å². The van der Waals surface area contributed by atoms with Crippen LogP contribution in [0.15, 0.2) is 40.0 Å². The van der Waals surface area contributed by atoms with E-state index in [1.165, 1.54) is 12.3 Å². The summed E-state index contributed by atoms with van der Waals surface area (Å²) in [5, 5.41) is 0.297. The van der Waals surface area contributed by atoms with Crippen LogP contribution < -0.4 is 4.72 Å². The third-order valence-electron chi connectivity index (χ3n) is 3.89. The Kier molecular flexibility index (Phi) is 6.40. The first-order chi connectivity index (χ1) is 11.4. The summed E-state index contributed by atoms with van der Waals surface area (Å²) in [6, 6.07) is 4.99. The number of sulfonamides is 1. The summed E-state index contributed by atoms with van der Waals surface area (Å²) in [7, 11) is -3.68. The molecule has 1 N–H and O–H groups in total. The molecule has 132 valence electrons. The van der Waals surface area contributed by atoms with E-state index in [2.05, 4.69) is 14.6 Å². The third kappa shape index (κ3) is 4.36. The van der Waals surface area contributed by atoms with Gasteiger partial charge in [-0.1, -0.05) is 25.4 Å². The summed E-state index contributed by atoms with van der Waals surface area (Å²) < 4.78 is 33.2. The quantitative estimate of drug-likeness (QED) is 0.722.